The number of rotatable bonds is 8. The molecule has 8 heteroatoms. The topological polar surface area (TPSA) is 69.3 Å². The summed E-state index contributed by atoms with van der Waals surface area (Å²) in [6.07, 6.45) is 2.62. The fraction of sp³-hybridized carbons (Fsp3) is 0.167. The van der Waals surface area contributed by atoms with Crippen LogP contribution in [0.1, 0.15) is 34.4 Å². The highest BCUT2D eigenvalue weighted by molar-refractivity contribution is 6.33. The van der Waals surface area contributed by atoms with Crippen molar-refractivity contribution in [1.29, 1.82) is 0 Å². The van der Waals surface area contributed by atoms with Crippen molar-refractivity contribution >= 4 is 34.9 Å². The molecule has 1 amide bonds. The summed E-state index contributed by atoms with van der Waals surface area (Å²) < 4.78 is 13.0. The monoisotopic (exact) mass is 469 g/mol. The summed E-state index contributed by atoms with van der Waals surface area (Å²) in [6.45, 7) is 2.81. The normalized spacial score (nSPS) is 10.8. The number of aryl methyl sites for hydroxylation is 1. The molecule has 4 aromatic rings. The van der Waals surface area contributed by atoms with Gasteiger partial charge in [0.2, 0.25) is 0 Å². The summed E-state index contributed by atoms with van der Waals surface area (Å²) in [5.74, 6) is 1.24. The maximum absolute atomic E-state index is 12.6. The molecular weight excluding hydrogens is 449 g/mol. The average molecular weight is 470 g/mol. The maximum atomic E-state index is 12.6. The van der Waals surface area contributed by atoms with Crippen LogP contribution in [0.4, 0.5) is 5.82 Å². The first-order valence-corrected chi connectivity index (χ1v) is 10.8. The van der Waals surface area contributed by atoms with Gasteiger partial charge in [-0.25, -0.2) is 0 Å². The molecule has 4 rings (SSSR count). The minimum Gasteiger partial charge on any atom is -0.486 e. The second-order valence-electron chi connectivity index (χ2n) is 7.16. The average Bonchev–Trinajstić information content (AvgIpc) is 3.41. The van der Waals surface area contributed by atoms with Gasteiger partial charge >= 0.3 is 0 Å². The van der Waals surface area contributed by atoms with Gasteiger partial charge in [-0.2, -0.15) is 5.10 Å². The summed E-state index contributed by atoms with van der Waals surface area (Å²) >= 11 is 12.2. The summed E-state index contributed by atoms with van der Waals surface area (Å²) in [7, 11) is 0. The number of furan rings is 1. The Morgan fingerprint density at radius 1 is 1.03 bits per heavy atom. The van der Waals surface area contributed by atoms with Crippen LogP contribution < -0.4 is 10.1 Å². The van der Waals surface area contributed by atoms with Crippen LogP contribution in [0, 0.1) is 0 Å². The van der Waals surface area contributed by atoms with Gasteiger partial charge in [-0.3, -0.25) is 9.48 Å². The second kappa shape index (κ2) is 9.94. The van der Waals surface area contributed by atoms with Gasteiger partial charge in [0.25, 0.3) is 5.91 Å². The maximum Gasteiger partial charge on any atom is 0.292 e. The van der Waals surface area contributed by atoms with Crippen molar-refractivity contribution in [2.45, 2.75) is 26.5 Å². The van der Waals surface area contributed by atoms with E-state index in [4.69, 9.17) is 32.4 Å². The van der Waals surface area contributed by atoms with Gasteiger partial charge in [0.05, 0.1) is 6.54 Å². The van der Waals surface area contributed by atoms with Crippen LogP contribution >= 0.6 is 23.2 Å². The molecule has 164 valence electrons. The van der Waals surface area contributed by atoms with Crippen LogP contribution in [0.5, 0.6) is 5.75 Å². The van der Waals surface area contributed by atoms with Crippen LogP contribution in [-0.4, -0.2) is 15.7 Å². The molecule has 2 heterocycles. The summed E-state index contributed by atoms with van der Waals surface area (Å²) in [6, 6.07) is 18.6. The van der Waals surface area contributed by atoms with E-state index in [0.717, 1.165) is 17.7 Å². The molecular formula is C24H21Cl2N3O3. The molecule has 0 radical (unpaired) electrons. The van der Waals surface area contributed by atoms with Crippen molar-refractivity contribution in [1.82, 2.24) is 9.78 Å². The van der Waals surface area contributed by atoms with Gasteiger partial charge in [-0.05, 0) is 53.9 Å². The quantitative estimate of drug-likeness (QED) is 0.332. The number of nitrogens with one attached hydrogen (secondary N) is 1. The van der Waals surface area contributed by atoms with Gasteiger partial charge in [0.1, 0.15) is 23.1 Å². The van der Waals surface area contributed by atoms with E-state index in [-0.39, 0.29) is 18.2 Å². The largest absolute Gasteiger partial charge is 0.486 e. The lowest BCUT2D eigenvalue weighted by atomic mass is 10.2. The Kier molecular flexibility index (Phi) is 6.83. The van der Waals surface area contributed by atoms with Crippen LogP contribution in [0.3, 0.4) is 0 Å². The Morgan fingerprint density at radius 2 is 1.75 bits per heavy atom. The first-order valence-electron chi connectivity index (χ1n) is 10.1. The van der Waals surface area contributed by atoms with Crippen molar-refractivity contribution in [3.8, 4) is 5.75 Å². The third-order valence-electron chi connectivity index (χ3n) is 4.80. The number of carbonyl (C=O) groups is 1. The van der Waals surface area contributed by atoms with E-state index in [1.54, 1.807) is 23.0 Å². The molecule has 0 bridgehead atoms. The van der Waals surface area contributed by atoms with Gasteiger partial charge in [0.15, 0.2) is 11.6 Å². The summed E-state index contributed by atoms with van der Waals surface area (Å²) in [5.41, 5.74) is 2.25. The van der Waals surface area contributed by atoms with Gasteiger partial charge in [0, 0.05) is 11.2 Å². The standard InChI is InChI=1S/C24H21Cl2N3O3/c1-2-16-5-9-19(10-6-16)31-15-20-11-12-22(32-20)24(30)27-23-21(26)14-29(28-23)13-17-3-7-18(25)8-4-17/h3-12,14H,2,13,15H2,1H3,(H,27,28,30). The van der Waals surface area contributed by atoms with E-state index in [2.05, 4.69) is 17.3 Å². The Bertz CT molecular complexity index is 1200. The molecule has 0 spiro atoms. The number of anilines is 1. The Morgan fingerprint density at radius 3 is 2.47 bits per heavy atom. The predicted octanol–water partition coefficient (Wildman–Crippen LogP) is 6.22. The minimum atomic E-state index is -0.442. The summed E-state index contributed by atoms with van der Waals surface area (Å²) in [5, 5.41) is 8.02. The molecule has 32 heavy (non-hydrogen) atoms. The van der Waals surface area contributed by atoms with Crippen LogP contribution in [-0.2, 0) is 19.6 Å². The lowest BCUT2D eigenvalue weighted by Gasteiger charge is -2.05. The lowest BCUT2D eigenvalue weighted by Crippen LogP contribution is -2.12. The molecule has 6 nitrogen and oxygen atoms in total. The fourth-order valence-corrected chi connectivity index (χ4v) is 3.39. The van der Waals surface area contributed by atoms with Crippen molar-refractivity contribution in [2.24, 2.45) is 0 Å². The number of hydrogen-bond donors (Lipinski definition) is 1. The second-order valence-corrected chi connectivity index (χ2v) is 8.00. The molecule has 0 aliphatic heterocycles. The minimum absolute atomic E-state index is 0.147. The zero-order valence-corrected chi connectivity index (χ0v) is 18.9. The van der Waals surface area contributed by atoms with Crippen LogP contribution in [0.2, 0.25) is 10.0 Å². The molecule has 2 aromatic heterocycles. The van der Waals surface area contributed by atoms with Crippen LogP contribution in [0.15, 0.2) is 71.3 Å². The molecule has 0 unspecified atom stereocenters. The van der Waals surface area contributed by atoms with E-state index in [1.807, 2.05) is 48.5 Å². The molecule has 0 saturated heterocycles. The fourth-order valence-electron chi connectivity index (χ4n) is 3.06. The van der Waals surface area contributed by atoms with E-state index in [9.17, 15) is 4.79 Å². The number of ether oxygens (including phenoxy) is 1. The Balaban J connectivity index is 1.35. The van der Waals surface area contributed by atoms with Crippen molar-refractivity contribution in [3.63, 3.8) is 0 Å². The number of aromatic nitrogens is 2. The van der Waals surface area contributed by atoms with Gasteiger partial charge in [-0.1, -0.05) is 54.4 Å². The molecule has 0 aliphatic carbocycles. The smallest absolute Gasteiger partial charge is 0.292 e. The van der Waals surface area contributed by atoms with Crippen molar-refractivity contribution in [2.75, 3.05) is 5.32 Å². The molecule has 2 aromatic carbocycles. The first kappa shape index (κ1) is 22.0. The number of nitrogens with zero attached hydrogens (tertiary/aromatic N) is 2. The highest BCUT2D eigenvalue weighted by Crippen LogP contribution is 2.22. The third-order valence-corrected chi connectivity index (χ3v) is 5.33. The van der Waals surface area contributed by atoms with Gasteiger partial charge in [-0.15, -0.1) is 0 Å². The van der Waals surface area contributed by atoms with E-state index < -0.39 is 5.91 Å². The predicted molar refractivity (Wildman–Crippen MR) is 125 cm³/mol. The number of hydrogen-bond acceptors (Lipinski definition) is 4. The van der Waals surface area contributed by atoms with E-state index in [1.165, 1.54) is 5.56 Å². The zero-order valence-electron chi connectivity index (χ0n) is 17.3. The summed E-state index contributed by atoms with van der Waals surface area (Å²) in [4.78, 5) is 12.6. The highest BCUT2D eigenvalue weighted by atomic mass is 35.5. The molecule has 0 atom stereocenters. The lowest BCUT2D eigenvalue weighted by molar-refractivity contribution is 0.0992. The number of carbonyl (C=O) groups excluding carboxylic acids is 1. The Labute approximate surface area is 195 Å². The zero-order chi connectivity index (χ0) is 22.5. The number of amides is 1. The molecule has 1 N–H and O–H groups in total. The molecule has 0 saturated carbocycles. The van der Waals surface area contributed by atoms with Crippen LogP contribution in [0.25, 0.3) is 0 Å². The van der Waals surface area contributed by atoms with Crippen molar-refractivity contribution in [3.05, 3.63) is 99.6 Å². The van der Waals surface area contributed by atoms with E-state index >= 15 is 0 Å². The molecule has 0 fully saturated rings. The third kappa shape index (κ3) is 5.52. The van der Waals surface area contributed by atoms with Crippen molar-refractivity contribution < 1.29 is 13.9 Å². The highest BCUT2D eigenvalue weighted by Gasteiger charge is 2.16. The SMILES string of the molecule is CCc1ccc(OCc2ccc(C(=O)Nc3nn(Cc4ccc(Cl)cc4)cc3Cl)o2)cc1. The molecule has 0 aliphatic rings. The number of benzene rings is 2. The van der Waals surface area contributed by atoms with Gasteiger partial charge < -0.3 is 14.5 Å². The number of halogens is 2. The first-order chi connectivity index (χ1) is 15.5. The Hall–Kier alpha value is -3.22. The van der Waals surface area contributed by atoms with E-state index in [0.29, 0.717) is 22.4 Å².